The number of aryl methyl sites for hydroxylation is 2. The number of thiazole rings is 1. The number of nitrogens with zero attached hydrogens (tertiary/aromatic N) is 2. The largest absolute Gasteiger partial charge is 0.327 e. The number of aromatic nitrogens is 2. The highest BCUT2D eigenvalue weighted by Gasteiger charge is 2.20. The van der Waals surface area contributed by atoms with Gasteiger partial charge in [-0.2, -0.15) is 0 Å². The fraction of sp³-hybridized carbons (Fsp3) is 0.357. The molecule has 1 atom stereocenters. The van der Waals surface area contributed by atoms with Gasteiger partial charge in [0.15, 0.2) is 5.13 Å². The highest BCUT2D eigenvalue weighted by Crippen LogP contribution is 2.29. The highest BCUT2D eigenvalue weighted by molar-refractivity contribution is 7.15. The number of fused-ring (bicyclic) bond motifs is 1. The first-order chi connectivity index (χ1) is 9.61. The van der Waals surface area contributed by atoms with Crippen LogP contribution in [-0.2, 0) is 12.8 Å². The summed E-state index contributed by atoms with van der Waals surface area (Å²) < 4.78 is 0. The summed E-state index contributed by atoms with van der Waals surface area (Å²) >= 11 is 1.52. The van der Waals surface area contributed by atoms with Crippen molar-refractivity contribution in [1.82, 2.24) is 9.97 Å². The topological polar surface area (TPSA) is 80.9 Å². The zero-order valence-electron chi connectivity index (χ0n) is 11.2. The Morgan fingerprint density at radius 3 is 3.10 bits per heavy atom. The van der Waals surface area contributed by atoms with E-state index in [-0.39, 0.29) is 11.9 Å². The van der Waals surface area contributed by atoms with Crippen molar-refractivity contribution in [2.75, 3.05) is 5.32 Å². The Balaban J connectivity index is 1.75. The number of pyridine rings is 1. The van der Waals surface area contributed by atoms with Gasteiger partial charge in [-0.3, -0.25) is 15.1 Å². The Bertz CT molecular complexity index is 635. The minimum Gasteiger partial charge on any atom is -0.327 e. The third-order valence-corrected chi connectivity index (χ3v) is 4.41. The van der Waals surface area contributed by atoms with Gasteiger partial charge in [-0.25, -0.2) is 4.98 Å². The van der Waals surface area contributed by atoms with Gasteiger partial charge in [0.2, 0.25) is 0 Å². The van der Waals surface area contributed by atoms with Crippen LogP contribution in [0.5, 0.6) is 0 Å². The number of carbonyl (C=O) groups excluding carboxylic acids is 1. The van der Waals surface area contributed by atoms with Crippen LogP contribution in [0.25, 0.3) is 0 Å². The maximum Gasteiger partial charge on any atom is 0.259 e. The van der Waals surface area contributed by atoms with Crippen LogP contribution in [0.1, 0.15) is 33.0 Å². The maximum absolute atomic E-state index is 12.1. The lowest BCUT2D eigenvalue weighted by Crippen LogP contribution is -2.27. The van der Waals surface area contributed by atoms with E-state index in [1.54, 1.807) is 12.3 Å². The Hall–Kier alpha value is -1.79. The molecule has 1 aliphatic carbocycles. The van der Waals surface area contributed by atoms with Gasteiger partial charge in [0, 0.05) is 22.8 Å². The second-order valence-corrected chi connectivity index (χ2v) is 6.12. The quantitative estimate of drug-likeness (QED) is 0.884. The van der Waals surface area contributed by atoms with Gasteiger partial charge in [-0.05, 0) is 38.3 Å². The lowest BCUT2D eigenvalue weighted by Gasteiger charge is -2.15. The predicted octanol–water partition coefficient (Wildman–Crippen LogP) is 1.91. The molecule has 0 aromatic carbocycles. The highest BCUT2D eigenvalue weighted by atomic mass is 32.1. The second kappa shape index (κ2) is 5.30. The van der Waals surface area contributed by atoms with Crippen LogP contribution in [0.15, 0.2) is 18.3 Å². The fourth-order valence-corrected chi connectivity index (χ4v) is 3.32. The molecule has 3 N–H and O–H groups in total. The van der Waals surface area contributed by atoms with E-state index in [0.717, 1.165) is 30.7 Å². The summed E-state index contributed by atoms with van der Waals surface area (Å²) in [5.74, 6) is -0.173. The van der Waals surface area contributed by atoms with E-state index >= 15 is 0 Å². The molecule has 6 heteroatoms. The standard InChI is InChI=1S/C14H16N4OS/c1-8-2-3-9(7-16-8)13(19)18-14-17-11-5-4-10(15)6-12(11)20-14/h2-3,7,10H,4-6,15H2,1H3,(H,17,18,19)/t10-/m0/s1. The van der Waals surface area contributed by atoms with Crippen molar-refractivity contribution in [1.29, 1.82) is 0 Å². The van der Waals surface area contributed by atoms with Crippen LogP contribution in [-0.4, -0.2) is 21.9 Å². The zero-order chi connectivity index (χ0) is 14.1. The number of amides is 1. The Kier molecular flexibility index (Phi) is 3.50. The van der Waals surface area contributed by atoms with Crippen LogP contribution in [0.2, 0.25) is 0 Å². The molecule has 20 heavy (non-hydrogen) atoms. The van der Waals surface area contributed by atoms with Crippen molar-refractivity contribution in [2.45, 2.75) is 32.2 Å². The predicted molar refractivity (Wildman–Crippen MR) is 79.0 cm³/mol. The number of hydrogen-bond acceptors (Lipinski definition) is 5. The molecular formula is C14H16N4OS. The number of rotatable bonds is 2. The molecule has 0 unspecified atom stereocenters. The number of nitrogens with one attached hydrogen (secondary N) is 1. The van der Waals surface area contributed by atoms with Crippen molar-refractivity contribution in [2.24, 2.45) is 5.73 Å². The van der Waals surface area contributed by atoms with Crippen molar-refractivity contribution in [3.05, 3.63) is 40.2 Å². The Morgan fingerprint density at radius 2 is 2.35 bits per heavy atom. The molecule has 0 radical (unpaired) electrons. The van der Waals surface area contributed by atoms with Crippen LogP contribution in [0, 0.1) is 6.92 Å². The molecule has 0 spiro atoms. The summed E-state index contributed by atoms with van der Waals surface area (Å²) in [7, 11) is 0. The van der Waals surface area contributed by atoms with Crippen LogP contribution < -0.4 is 11.1 Å². The van der Waals surface area contributed by atoms with Gasteiger partial charge in [0.1, 0.15) is 0 Å². The van der Waals surface area contributed by atoms with Crippen LogP contribution >= 0.6 is 11.3 Å². The molecule has 1 amide bonds. The molecule has 0 saturated heterocycles. The Labute approximate surface area is 121 Å². The molecule has 3 rings (SSSR count). The van der Waals surface area contributed by atoms with Crippen molar-refractivity contribution < 1.29 is 4.79 Å². The van der Waals surface area contributed by atoms with Gasteiger partial charge < -0.3 is 5.73 Å². The molecule has 104 valence electrons. The van der Waals surface area contributed by atoms with Crippen LogP contribution in [0.3, 0.4) is 0 Å². The number of hydrogen-bond donors (Lipinski definition) is 2. The molecule has 0 aliphatic heterocycles. The summed E-state index contributed by atoms with van der Waals surface area (Å²) in [4.78, 5) is 21.9. The first-order valence-corrected chi connectivity index (χ1v) is 7.41. The van der Waals surface area contributed by atoms with E-state index in [1.807, 2.05) is 13.0 Å². The molecular weight excluding hydrogens is 272 g/mol. The third kappa shape index (κ3) is 2.71. The SMILES string of the molecule is Cc1ccc(C(=O)Nc2nc3c(s2)C[C@@H](N)CC3)cn1. The van der Waals surface area contributed by atoms with E-state index in [0.29, 0.717) is 10.7 Å². The number of anilines is 1. The maximum atomic E-state index is 12.1. The summed E-state index contributed by atoms with van der Waals surface area (Å²) in [5.41, 5.74) is 8.46. The average molecular weight is 288 g/mol. The third-order valence-electron chi connectivity index (χ3n) is 3.37. The first-order valence-electron chi connectivity index (χ1n) is 6.60. The summed E-state index contributed by atoms with van der Waals surface area (Å²) in [6, 6.07) is 3.80. The lowest BCUT2D eigenvalue weighted by molar-refractivity contribution is 0.102. The summed E-state index contributed by atoms with van der Waals surface area (Å²) in [6.07, 6.45) is 4.30. The molecule has 2 aromatic rings. The van der Waals surface area contributed by atoms with Gasteiger partial charge in [-0.15, -0.1) is 11.3 Å². The first kappa shape index (κ1) is 13.2. The molecule has 0 fully saturated rings. The normalized spacial score (nSPS) is 17.6. The molecule has 0 bridgehead atoms. The molecule has 1 aliphatic rings. The smallest absolute Gasteiger partial charge is 0.259 e. The second-order valence-electron chi connectivity index (χ2n) is 5.03. The number of nitrogens with two attached hydrogens (primary N) is 1. The van der Waals surface area contributed by atoms with Crippen molar-refractivity contribution in [3.63, 3.8) is 0 Å². The molecule has 2 aromatic heterocycles. The Morgan fingerprint density at radius 1 is 1.50 bits per heavy atom. The molecule has 0 saturated carbocycles. The van der Waals surface area contributed by atoms with Gasteiger partial charge in [0.05, 0.1) is 11.3 Å². The van der Waals surface area contributed by atoms with E-state index in [2.05, 4.69) is 15.3 Å². The lowest BCUT2D eigenvalue weighted by atomic mass is 9.99. The van der Waals surface area contributed by atoms with Gasteiger partial charge in [-0.1, -0.05) is 0 Å². The van der Waals surface area contributed by atoms with Crippen molar-refractivity contribution >= 4 is 22.4 Å². The molecule has 5 nitrogen and oxygen atoms in total. The summed E-state index contributed by atoms with van der Waals surface area (Å²) in [5, 5.41) is 3.49. The molecule has 2 heterocycles. The van der Waals surface area contributed by atoms with Crippen molar-refractivity contribution in [3.8, 4) is 0 Å². The van der Waals surface area contributed by atoms with E-state index < -0.39 is 0 Å². The average Bonchev–Trinajstić information content (AvgIpc) is 2.80. The van der Waals surface area contributed by atoms with Gasteiger partial charge >= 0.3 is 0 Å². The number of carbonyl (C=O) groups is 1. The van der Waals surface area contributed by atoms with E-state index in [4.69, 9.17) is 5.73 Å². The zero-order valence-corrected chi connectivity index (χ0v) is 12.0. The monoisotopic (exact) mass is 288 g/mol. The van der Waals surface area contributed by atoms with Gasteiger partial charge in [0.25, 0.3) is 5.91 Å². The van der Waals surface area contributed by atoms with E-state index in [9.17, 15) is 4.79 Å². The fourth-order valence-electron chi connectivity index (χ4n) is 2.23. The van der Waals surface area contributed by atoms with E-state index in [1.165, 1.54) is 16.2 Å². The van der Waals surface area contributed by atoms with Crippen LogP contribution in [0.4, 0.5) is 5.13 Å². The minimum atomic E-state index is -0.173. The summed E-state index contributed by atoms with van der Waals surface area (Å²) in [6.45, 7) is 1.89. The minimum absolute atomic E-state index is 0.173.